The van der Waals surface area contributed by atoms with Crippen molar-refractivity contribution in [2.75, 3.05) is 0 Å². The van der Waals surface area contributed by atoms with E-state index in [0.717, 1.165) is 93.7 Å². The fourth-order valence-electron chi connectivity index (χ4n) is 9.29. The number of hydrogen-bond donors (Lipinski definition) is 0. The Bertz CT molecular complexity index is 2930. The Morgan fingerprint density at radius 2 is 0.776 bits per heavy atom. The Labute approximate surface area is 279 Å². The standard InChI is InChI=1S/C44H23BN2O2/c48-43-30-17-9-7-15-28(30)34-23-35-29-16-8-10-18-31(29)44(49)47-37-22-27(25-13-5-2-6-14-25)20-33-32-19-26(24-11-3-1-4-12-24)21-36-38(32)45(39(33)37)40(42(35)47)41(34)46(36)43/h1-23H. The molecule has 5 heteroatoms. The predicted molar refractivity (Wildman–Crippen MR) is 202 cm³/mol. The summed E-state index contributed by atoms with van der Waals surface area (Å²) in [5.41, 5.74) is 13.5. The number of nitrogens with zero attached hydrogens (tertiary/aromatic N) is 2. The van der Waals surface area contributed by atoms with Crippen molar-refractivity contribution in [3.63, 3.8) is 0 Å². The first-order valence-corrected chi connectivity index (χ1v) is 16.7. The van der Waals surface area contributed by atoms with E-state index in [9.17, 15) is 9.59 Å². The zero-order chi connectivity index (χ0) is 32.1. The van der Waals surface area contributed by atoms with Crippen LogP contribution in [0.5, 0.6) is 0 Å². The van der Waals surface area contributed by atoms with Crippen LogP contribution >= 0.6 is 0 Å². The second-order valence-corrected chi connectivity index (χ2v) is 13.5. The lowest BCUT2D eigenvalue weighted by molar-refractivity contribution is 1.05. The highest BCUT2D eigenvalue weighted by atomic mass is 16.1. The normalized spacial score (nSPS) is 13.0. The van der Waals surface area contributed by atoms with Gasteiger partial charge in [0.2, 0.25) is 0 Å². The van der Waals surface area contributed by atoms with Crippen molar-refractivity contribution in [3.05, 3.63) is 160 Å². The molecule has 0 unspecified atom stereocenters. The predicted octanol–water partition coefficient (Wildman–Crippen LogP) is 7.06. The second-order valence-electron chi connectivity index (χ2n) is 13.5. The van der Waals surface area contributed by atoms with Gasteiger partial charge in [0.25, 0.3) is 17.8 Å². The summed E-state index contributed by atoms with van der Waals surface area (Å²) in [7, 11) is 0. The van der Waals surface area contributed by atoms with Crippen molar-refractivity contribution >= 4 is 66.5 Å². The number of hydrogen-bond acceptors (Lipinski definition) is 2. The summed E-state index contributed by atoms with van der Waals surface area (Å²) in [6.45, 7) is -0.114. The van der Waals surface area contributed by atoms with Crippen molar-refractivity contribution in [2.45, 2.75) is 0 Å². The molecule has 0 bridgehead atoms. The first-order valence-electron chi connectivity index (χ1n) is 16.7. The molecule has 0 fully saturated rings. The third-order valence-electron chi connectivity index (χ3n) is 11.2. The summed E-state index contributed by atoms with van der Waals surface area (Å²) < 4.78 is 3.93. The van der Waals surface area contributed by atoms with Gasteiger partial charge >= 0.3 is 0 Å². The van der Waals surface area contributed by atoms with Crippen molar-refractivity contribution in [1.82, 2.24) is 9.13 Å². The van der Waals surface area contributed by atoms with Gasteiger partial charge in [-0.1, -0.05) is 97.1 Å². The molecule has 0 atom stereocenters. The molecule has 0 saturated heterocycles. The summed E-state index contributed by atoms with van der Waals surface area (Å²) >= 11 is 0. The third-order valence-corrected chi connectivity index (χ3v) is 11.2. The van der Waals surface area contributed by atoms with Crippen molar-refractivity contribution in [3.8, 4) is 44.8 Å². The molecule has 9 aromatic rings. The number of rotatable bonds is 2. The maximum absolute atomic E-state index is 14.8. The maximum atomic E-state index is 14.8. The van der Waals surface area contributed by atoms with Gasteiger partial charge in [0.05, 0.1) is 11.0 Å². The van der Waals surface area contributed by atoms with Crippen LogP contribution in [0.4, 0.5) is 0 Å². The molecule has 3 aliphatic rings. The smallest absolute Gasteiger partial charge is 0.263 e. The van der Waals surface area contributed by atoms with E-state index in [4.69, 9.17) is 0 Å². The lowest BCUT2D eigenvalue weighted by Gasteiger charge is -2.33. The Morgan fingerprint density at radius 3 is 1.22 bits per heavy atom. The van der Waals surface area contributed by atoms with Crippen molar-refractivity contribution < 1.29 is 0 Å². The molecule has 0 radical (unpaired) electrons. The van der Waals surface area contributed by atoms with Gasteiger partial charge in [0.1, 0.15) is 0 Å². The minimum Gasteiger partial charge on any atom is -0.277 e. The Balaban J connectivity index is 1.40. The number of fused-ring (bicyclic) bond motifs is 7. The van der Waals surface area contributed by atoms with Crippen LogP contribution in [0.3, 0.4) is 0 Å². The molecule has 0 spiro atoms. The molecule has 0 saturated carbocycles. The van der Waals surface area contributed by atoms with Gasteiger partial charge in [-0.2, -0.15) is 0 Å². The summed E-state index contributed by atoms with van der Waals surface area (Å²) in [6, 6.07) is 48.0. The van der Waals surface area contributed by atoms with E-state index in [1.165, 1.54) is 0 Å². The van der Waals surface area contributed by atoms with E-state index in [2.05, 4.69) is 91.0 Å². The highest BCUT2D eigenvalue weighted by Crippen LogP contribution is 2.43. The highest BCUT2D eigenvalue weighted by Gasteiger charge is 2.47. The van der Waals surface area contributed by atoms with E-state index < -0.39 is 0 Å². The van der Waals surface area contributed by atoms with E-state index in [1.54, 1.807) is 0 Å². The molecule has 0 aliphatic carbocycles. The minimum atomic E-state index is -0.114. The zero-order valence-corrected chi connectivity index (χ0v) is 26.1. The van der Waals surface area contributed by atoms with E-state index >= 15 is 0 Å². The molecule has 0 amide bonds. The molecule has 4 nitrogen and oxygen atoms in total. The minimum absolute atomic E-state index is 0.0361. The largest absolute Gasteiger partial charge is 0.277 e. The molecule has 224 valence electrons. The molecular weight excluding hydrogens is 599 g/mol. The number of benzene rings is 7. The van der Waals surface area contributed by atoms with Crippen LogP contribution in [-0.4, -0.2) is 15.8 Å². The van der Waals surface area contributed by atoms with Gasteiger partial charge in [0.15, 0.2) is 0 Å². The molecule has 49 heavy (non-hydrogen) atoms. The van der Waals surface area contributed by atoms with Crippen LogP contribution in [0.2, 0.25) is 0 Å². The van der Waals surface area contributed by atoms with Crippen LogP contribution < -0.4 is 27.5 Å². The Kier molecular flexibility index (Phi) is 4.55. The second kappa shape index (κ2) is 8.71. The molecule has 3 aliphatic heterocycles. The summed E-state index contributed by atoms with van der Waals surface area (Å²) in [6.07, 6.45) is 0. The van der Waals surface area contributed by atoms with E-state index in [0.29, 0.717) is 10.8 Å². The molecule has 2 aromatic heterocycles. The number of pyridine rings is 2. The number of aromatic nitrogens is 2. The molecule has 12 rings (SSSR count). The van der Waals surface area contributed by atoms with Gasteiger partial charge in [-0.25, -0.2) is 0 Å². The molecular formula is C44H23BN2O2. The average Bonchev–Trinajstić information content (AvgIpc) is 3.50. The molecule has 5 heterocycles. The topological polar surface area (TPSA) is 44.0 Å². The van der Waals surface area contributed by atoms with Gasteiger partial charge in [-0.3, -0.25) is 18.7 Å². The summed E-state index contributed by atoms with van der Waals surface area (Å²) in [5.74, 6) is 0. The average molecular weight is 622 g/mol. The monoisotopic (exact) mass is 622 g/mol. The quantitative estimate of drug-likeness (QED) is 0.118. The Hall–Kier alpha value is -6.46. The van der Waals surface area contributed by atoms with Gasteiger partial charge in [-0.05, 0) is 103 Å². The maximum Gasteiger partial charge on any atom is 0.263 e. The van der Waals surface area contributed by atoms with Crippen LogP contribution in [0.1, 0.15) is 0 Å². The lowest BCUT2D eigenvalue weighted by Crippen LogP contribution is -2.59. The first-order chi connectivity index (χ1) is 24.2. The van der Waals surface area contributed by atoms with Crippen LogP contribution in [0.15, 0.2) is 149 Å². The third kappa shape index (κ3) is 2.98. The van der Waals surface area contributed by atoms with Crippen molar-refractivity contribution in [2.24, 2.45) is 0 Å². The van der Waals surface area contributed by atoms with E-state index in [-0.39, 0.29) is 17.8 Å². The van der Waals surface area contributed by atoms with Crippen LogP contribution in [0.25, 0.3) is 88.1 Å². The SMILES string of the molecule is O=c1c2ccccc2c2cc3c4ccccc4c(=O)n4c3c3c2n1-c1cc(-c2ccccc2)cc2c1B3c1c-2cc(-c2ccccc2)cc1-4. The zero-order valence-electron chi connectivity index (χ0n) is 26.1. The summed E-state index contributed by atoms with van der Waals surface area (Å²) in [5, 5.41) is 5.31. The molecule has 7 aromatic carbocycles. The van der Waals surface area contributed by atoms with E-state index in [1.807, 2.05) is 57.7 Å². The fourth-order valence-corrected chi connectivity index (χ4v) is 9.29. The van der Waals surface area contributed by atoms with Gasteiger partial charge in [-0.15, -0.1) is 0 Å². The van der Waals surface area contributed by atoms with Crippen LogP contribution in [0, 0.1) is 0 Å². The van der Waals surface area contributed by atoms with Crippen LogP contribution in [-0.2, 0) is 0 Å². The molecule has 0 N–H and O–H groups in total. The first kappa shape index (κ1) is 25.6. The highest BCUT2D eigenvalue weighted by molar-refractivity contribution is 7.03. The fraction of sp³-hybridized carbons (Fsp3) is 0. The Morgan fingerprint density at radius 1 is 0.367 bits per heavy atom. The summed E-state index contributed by atoms with van der Waals surface area (Å²) in [4.78, 5) is 29.7. The van der Waals surface area contributed by atoms with Crippen molar-refractivity contribution in [1.29, 1.82) is 0 Å². The lowest BCUT2D eigenvalue weighted by atomic mass is 9.36. The van der Waals surface area contributed by atoms with Gasteiger partial charge < -0.3 is 0 Å². The van der Waals surface area contributed by atoms with Gasteiger partial charge in [0, 0.05) is 32.9 Å².